The van der Waals surface area contributed by atoms with E-state index < -0.39 is 4.92 Å². The molecule has 2 heterocycles. The quantitative estimate of drug-likeness (QED) is 0.448. The minimum Gasteiger partial charge on any atom is -0.491 e. The Labute approximate surface area is 172 Å². The smallest absolute Gasteiger partial charge is 0.414 e. The van der Waals surface area contributed by atoms with E-state index in [1.54, 1.807) is 4.57 Å². The normalized spacial score (nSPS) is 15.3. The number of imidazole rings is 1. The van der Waals surface area contributed by atoms with Crippen molar-refractivity contribution in [2.45, 2.75) is 19.3 Å². The Balaban J connectivity index is 1.32. The van der Waals surface area contributed by atoms with Gasteiger partial charge in [0, 0.05) is 4.98 Å². The van der Waals surface area contributed by atoms with E-state index in [1.807, 2.05) is 48.5 Å². The molecule has 4 rings (SSSR count). The number of benzene rings is 2. The lowest BCUT2D eigenvalue weighted by molar-refractivity contribution is -0.389. The maximum atomic E-state index is 10.8. The van der Waals surface area contributed by atoms with E-state index in [0.29, 0.717) is 19.8 Å². The van der Waals surface area contributed by atoms with Crippen LogP contribution in [0.4, 0.5) is 5.82 Å². The molecule has 1 aromatic heterocycles. The summed E-state index contributed by atoms with van der Waals surface area (Å²) in [5, 5.41) is 19.6. The number of hydrogen-bond acceptors (Lipinski definition) is 7. The zero-order valence-corrected chi connectivity index (χ0v) is 16.1. The van der Waals surface area contributed by atoms with Crippen LogP contribution < -0.4 is 9.47 Å². The number of nitro groups is 1. The first-order valence-corrected chi connectivity index (χ1v) is 9.51. The zero-order valence-electron chi connectivity index (χ0n) is 16.1. The molecule has 1 atom stereocenters. The summed E-state index contributed by atoms with van der Waals surface area (Å²) in [6.07, 6.45) is 1.15. The van der Waals surface area contributed by atoms with Crippen molar-refractivity contribution >= 4 is 5.82 Å². The van der Waals surface area contributed by atoms with Crippen LogP contribution in [0.5, 0.6) is 11.8 Å². The lowest BCUT2D eigenvalue weighted by Gasteiger charge is -2.22. The van der Waals surface area contributed by atoms with Gasteiger partial charge in [-0.3, -0.25) is 4.57 Å². The molecule has 9 nitrogen and oxygen atoms in total. The largest absolute Gasteiger partial charge is 0.491 e. The Morgan fingerprint density at radius 3 is 2.53 bits per heavy atom. The summed E-state index contributed by atoms with van der Waals surface area (Å²) in [7, 11) is 0. The van der Waals surface area contributed by atoms with E-state index in [1.165, 1.54) is 6.20 Å². The van der Waals surface area contributed by atoms with E-state index in [-0.39, 0.29) is 31.1 Å². The number of aromatic nitrogens is 2. The van der Waals surface area contributed by atoms with Gasteiger partial charge in [-0.2, -0.15) is 0 Å². The second-order valence-corrected chi connectivity index (χ2v) is 6.83. The number of hydrogen-bond donors (Lipinski definition) is 1. The first-order chi connectivity index (χ1) is 14.6. The van der Waals surface area contributed by atoms with Crippen LogP contribution in [-0.4, -0.2) is 45.5 Å². The van der Waals surface area contributed by atoms with Gasteiger partial charge in [0.15, 0.2) is 0 Å². The Kier molecular flexibility index (Phi) is 5.92. The SMILES string of the molecule is O=[N+]([O-])c1cn2c(n1)OC[C@@H](OCc1ccc(-c3ccc(OCCO)cc3)cc1)C2. The van der Waals surface area contributed by atoms with E-state index >= 15 is 0 Å². The van der Waals surface area contributed by atoms with Crippen LogP contribution >= 0.6 is 0 Å². The van der Waals surface area contributed by atoms with E-state index in [9.17, 15) is 10.1 Å². The van der Waals surface area contributed by atoms with Crippen LogP contribution in [0.25, 0.3) is 11.1 Å². The molecule has 30 heavy (non-hydrogen) atoms. The van der Waals surface area contributed by atoms with Gasteiger partial charge in [-0.05, 0) is 33.7 Å². The van der Waals surface area contributed by atoms with Crippen LogP contribution in [-0.2, 0) is 17.9 Å². The molecule has 3 aromatic rings. The van der Waals surface area contributed by atoms with Gasteiger partial charge in [-0.25, -0.2) is 0 Å². The van der Waals surface area contributed by atoms with E-state index in [2.05, 4.69) is 4.98 Å². The molecule has 0 unspecified atom stereocenters. The summed E-state index contributed by atoms with van der Waals surface area (Å²) in [5.74, 6) is 0.494. The van der Waals surface area contributed by atoms with Gasteiger partial charge in [0.25, 0.3) is 0 Å². The molecule has 1 aliphatic heterocycles. The highest BCUT2D eigenvalue weighted by atomic mass is 16.6. The van der Waals surface area contributed by atoms with Crippen molar-refractivity contribution in [2.75, 3.05) is 19.8 Å². The summed E-state index contributed by atoms with van der Waals surface area (Å²) in [4.78, 5) is 14.1. The number of rotatable bonds is 8. The Morgan fingerprint density at radius 1 is 1.17 bits per heavy atom. The van der Waals surface area contributed by atoms with E-state index in [0.717, 1.165) is 22.4 Å². The van der Waals surface area contributed by atoms with Crippen molar-refractivity contribution in [1.29, 1.82) is 0 Å². The first-order valence-electron chi connectivity index (χ1n) is 9.51. The number of aliphatic hydroxyl groups excluding tert-OH is 1. The number of fused-ring (bicyclic) bond motifs is 1. The second-order valence-electron chi connectivity index (χ2n) is 6.83. The van der Waals surface area contributed by atoms with Gasteiger partial charge >= 0.3 is 11.8 Å². The Morgan fingerprint density at radius 2 is 1.87 bits per heavy atom. The van der Waals surface area contributed by atoms with Crippen LogP contribution in [0.3, 0.4) is 0 Å². The molecule has 1 N–H and O–H groups in total. The fourth-order valence-corrected chi connectivity index (χ4v) is 3.17. The van der Waals surface area contributed by atoms with E-state index in [4.69, 9.17) is 19.3 Å². The third-order valence-electron chi connectivity index (χ3n) is 4.70. The van der Waals surface area contributed by atoms with Crippen molar-refractivity contribution < 1.29 is 24.2 Å². The van der Waals surface area contributed by atoms with Gasteiger partial charge in [-0.15, -0.1) is 0 Å². The fraction of sp³-hybridized carbons (Fsp3) is 0.286. The highest BCUT2D eigenvalue weighted by Gasteiger charge is 2.28. The standard InChI is InChI=1S/C21H21N3O6/c25-9-10-28-18-7-5-17(6-8-18)16-3-1-15(2-4-16)13-29-19-11-23-12-20(24(26)27)22-21(23)30-14-19/h1-8,12,19,25H,9-11,13-14H2/t19-/m0/s1. The van der Waals surface area contributed by atoms with Gasteiger partial charge in [-0.1, -0.05) is 36.4 Å². The highest BCUT2D eigenvalue weighted by Crippen LogP contribution is 2.25. The minimum absolute atomic E-state index is 0.0122. The molecular weight excluding hydrogens is 390 g/mol. The topological polar surface area (TPSA) is 109 Å². The average molecular weight is 411 g/mol. The van der Waals surface area contributed by atoms with Gasteiger partial charge in [0.1, 0.15) is 31.3 Å². The molecule has 0 saturated heterocycles. The average Bonchev–Trinajstić information content (AvgIpc) is 3.21. The third-order valence-corrected chi connectivity index (χ3v) is 4.70. The van der Waals surface area contributed by atoms with Crippen LogP contribution in [0.1, 0.15) is 5.56 Å². The van der Waals surface area contributed by atoms with Crippen molar-refractivity contribution in [3.8, 4) is 22.9 Å². The number of aliphatic hydroxyl groups is 1. The molecule has 2 aromatic carbocycles. The molecule has 0 amide bonds. The Bertz CT molecular complexity index is 1000. The van der Waals surface area contributed by atoms with Crippen molar-refractivity contribution in [1.82, 2.24) is 9.55 Å². The molecule has 0 radical (unpaired) electrons. The predicted molar refractivity (Wildman–Crippen MR) is 107 cm³/mol. The summed E-state index contributed by atoms with van der Waals surface area (Å²) < 4.78 is 18.4. The van der Waals surface area contributed by atoms with Crippen LogP contribution in [0.2, 0.25) is 0 Å². The lowest BCUT2D eigenvalue weighted by atomic mass is 10.0. The van der Waals surface area contributed by atoms with Crippen LogP contribution in [0.15, 0.2) is 54.7 Å². The number of nitrogens with zero attached hydrogens (tertiary/aromatic N) is 3. The number of ether oxygens (including phenoxy) is 3. The van der Waals surface area contributed by atoms with Crippen molar-refractivity contribution in [3.05, 3.63) is 70.4 Å². The third kappa shape index (κ3) is 4.58. The highest BCUT2D eigenvalue weighted by molar-refractivity contribution is 5.64. The summed E-state index contributed by atoms with van der Waals surface area (Å²) in [6.45, 7) is 1.44. The fourth-order valence-electron chi connectivity index (χ4n) is 3.17. The molecule has 0 saturated carbocycles. The van der Waals surface area contributed by atoms with Gasteiger partial charge < -0.3 is 29.4 Å². The molecule has 1 aliphatic rings. The first kappa shape index (κ1) is 19.9. The summed E-state index contributed by atoms with van der Waals surface area (Å²) in [5.41, 5.74) is 3.15. The molecule has 9 heteroatoms. The monoisotopic (exact) mass is 411 g/mol. The molecule has 156 valence electrons. The second kappa shape index (κ2) is 8.93. The summed E-state index contributed by atoms with van der Waals surface area (Å²) >= 11 is 0. The molecule has 0 spiro atoms. The molecule has 0 aliphatic carbocycles. The molecule has 0 fully saturated rings. The van der Waals surface area contributed by atoms with Crippen molar-refractivity contribution in [3.63, 3.8) is 0 Å². The molecular formula is C21H21N3O6. The maximum absolute atomic E-state index is 10.8. The maximum Gasteiger partial charge on any atom is 0.414 e. The van der Waals surface area contributed by atoms with Crippen LogP contribution in [0, 0.1) is 10.1 Å². The minimum atomic E-state index is -0.540. The molecule has 0 bridgehead atoms. The summed E-state index contributed by atoms with van der Waals surface area (Å²) in [6, 6.07) is 16.0. The lowest BCUT2D eigenvalue weighted by Crippen LogP contribution is -2.32. The predicted octanol–water partition coefficient (Wildman–Crippen LogP) is 2.81. The Hall–Kier alpha value is -3.43. The zero-order chi connectivity index (χ0) is 20.9. The van der Waals surface area contributed by atoms with Gasteiger partial charge in [0.2, 0.25) is 0 Å². The van der Waals surface area contributed by atoms with Gasteiger partial charge in [0.05, 0.1) is 19.8 Å². The van der Waals surface area contributed by atoms with Crippen molar-refractivity contribution in [2.24, 2.45) is 0 Å².